The maximum Gasteiger partial charge on any atom is 0.293 e. The van der Waals surface area contributed by atoms with Gasteiger partial charge in [-0.25, -0.2) is 14.4 Å². The smallest absolute Gasteiger partial charge is 0.293 e. The van der Waals surface area contributed by atoms with E-state index in [2.05, 4.69) is 35.8 Å². The van der Waals surface area contributed by atoms with Crippen molar-refractivity contribution in [3.05, 3.63) is 47.0 Å². The molecular formula is C15H15FN8O2. The minimum absolute atomic E-state index is 0.0151. The van der Waals surface area contributed by atoms with Gasteiger partial charge in [-0.05, 0) is 22.3 Å². The van der Waals surface area contributed by atoms with Crippen LogP contribution in [0.15, 0.2) is 34.0 Å². The fraction of sp³-hybridized carbons (Fsp3) is 0.200. The predicted octanol–water partition coefficient (Wildman–Crippen LogP) is 1.26. The van der Waals surface area contributed by atoms with Gasteiger partial charge < -0.3 is 5.73 Å². The van der Waals surface area contributed by atoms with E-state index >= 15 is 0 Å². The minimum atomic E-state index is -0.609. The third-order valence-corrected chi connectivity index (χ3v) is 3.44. The Morgan fingerprint density at radius 2 is 2.15 bits per heavy atom. The topological polar surface area (TPSA) is 137 Å². The lowest BCUT2D eigenvalue weighted by Crippen LogP contribution is -2.21. The van der Waals surface area contributed by atoms with Gasteiger partial charge >= 0.3 is 0 Å². The molecule has 3 rings (SSSR count). The minimum Gasteiger partial charge on any atom is -0.378 e. The molecule has 1 amide bonds. The van der Waals surface area contributed by atoms with Gasteiger partial charge in [0.05, 0.1) is 11.9 Å². The molecule has 0 saturated heterocycles. The number of nitrogens with zero attached hydrogens (tertiary/aromatic N) is 6. The van der Waals surface area contributed by atoms with Crippen LogP contribution in [0.25, 0.3) is 5.82 Å². The summed E-state index contributed by atoms with van der Waals surface area (Å²) in [5.41, 5.74) is 8.69. The molecule has 0 bridgehead atoms. The number of nitrogens with two attached hydrogens (primary N) is 1. The van der Waals surface area contributed by atoms with E-state index in [0.717, 1.165) is 0 Å². The van der Waals surface area contributed by atoms with Crippen molar-refractivity contribution in [2.24, 2.45) is 5.10 Å². The van der Waals surface area contributed by atoms with Gasteiger partial charge in [0.2, 0.25) is 11.6 Å². The van der Waals surface area contributed by atoms with Gasteiger partial charge in [-0.3, -0.25) is 4.79 Å². The number of anilines is 1. The molecule has 0 saturated carbocycles. The monoisotopic (exact) mass is 358 g/mol. The summed E-state index contributed by atoms with van der Waals surface area (Å²) in [6.45, 7) is 3.69. The van der Waals surface area contributed by atoms with Crippen LogP contribution in [0.2, 0.25) is 0 Å². The average molecular weight is 358 g/mol. The van der Waals surface area contributed by atoms with Crippen LogP contribution in [0.5, 0.6) is 0 Å². The SMILES string of the molecule is CC(C)c1c(C(=O)N/N=C/c2ccccc2F)nnn1-c1nonc1N. The molecule has 0 radical (unpaired) electrons. The number of hydrazone groups is 1. The van der Waals surface area contributed by atoms with Crippen molar-refractivity contribution in [3.63, 3.8) is 0 Å². The number of carbonyl (C=O) groups excluding carboxylic acids is 1. The first-order valence-corrected chi connectivity index (χ1v) is 7.61. The van der Waals surface area contributed by atoms with Gasteiger partial charge in [-0.15, -0.1) is 5.10 Å². The standard InChI is InChI=1S/C15H15FN8O2/c1-8(2)12-11(19-23-24(12)14-13(17)21-26-22-14)15(25)20-18-7-9-5-3-4-6-10(9)16/h3-8H,1-2H3,(H2,17,21)(H,20,25)/b18-7+. The fourth-order valence-electron chi connectivity index (χ4n) is 2.26. The van der Waals surface area contributed by atoms with E-state index in [0.29, 0.717) is 5.69 Å². The Labute approximate surface area is 146 Å². The first kappa shape index (κ1) is 17.2. The Hall–Kier alpha value is -3.63. The summed E-state index contributed by atoms with van der Waals surface area (Å²) in [7, 11) is 0. The number of hydrogen-bond donors (Lipinski definition) is 2. The van der Waals surface area contributed by atoms with Crippen molar-refractivity contribution >= 4 is 17.9 Å². The number of carbonyl (C=O) groups is 1. The first-order chi connectivity index (χ1) is 12.5. The molecule has 134 valence electrons. The van der Waals surface area contributed by atoms with Crippen molar-refractivity contribution in [2.75, 3.05) is 5.73 Å². The van der Waals surface area contributed by atoms with Crippen LogP contribution in [0.4, 0.5) is 10.2 Å². The van der Waals surface area contributed by atoms with Crippen LogP contribution >= 0.6 is 0 Å². The number of benzene rings is 1. The maximum absolute atomic E-state index is 13.5. The van der Waals surface area contributed by atoms with Gasteiger partial charge in [0.1, 0.15) is 5.82 Å². The highest BCUT2D eigenvalue weighted by atomic mass is 19.1. The summed E-state index contributed by atoms with van der Waals surface area (Å²) >= 11 is 0. The molecule has 3 N–H and O–H groups in total. The van der Waals surface area contributed by atoms with Crippen LogP contribution in [-0.2, 0) is 0 Å². The summed E-state index contributed by atoms with van der Waals surface area (Å²) < 4.78 is 19.4. The van der Waals surface area contributed by atoms with Crippen molar-refractivity contribution in [2.45, 2.75) is 19.8 Å². The Morgan fingerprint density at radius 3 is 2.81 bits per heavy atom. The van der Waals surface area contributed by atoms with E-state index < -0.39 is 11.7 Å². The first-order valence-electron chi connectivity index (χ1n) is 7.61. The number of amides is 1. The largest absolute Gasteiger partial charge is 0.378 e. The Balaban J connectivity index is 1.85. The van der Waals surface area contributed by atoms with Crippen LogP contribution in [0.1, 0.15) is 41.5 Å². The molecule has 10 nitrogen and oxygen atoms in total. The van der Waals surface area contributed by atoms with Gasteiger partial charge in [0, 0.05) is 5.56 Å². The van der Waals surface area contributed by atoms with E-state index in [4.69, 9.17) is 5.73 Å². The van der Waals surface area contributed by atoms with Gasteiger partial charge in [0.15, 0.2) is 5.69 Å². The second-order valence-corrected chi connectivity index (χ2v) is 5.58. The number of halogens is 1. The molecule has 26 heavy (non-hydrogen) atoms. The number of hydrogen-bond acceptors (Lipinski definition) is 8. The lowest BCUT2D eigenvalue weighted by atomic mass is 10.1. The third kappa shape index (κ3) is 3.27. The van der Waals surface area contributed by atoms with Gasteiger partial charge in [0.25, 0.3) is 5.91 Å². The van der Waals surface area contributed by atoms with E-state index in [1.807, 2.05) is 13.8 Å². The predicted molar refractivity (Wildman–Crippen MR) is 89.2 cm³/mol. The molecule has 11 heteroatoms. The van der Waals surface area contributed by atoms with Crippen molar-refractivity contribution in [1.82, 2.24) is 30.7 Å². The van der Waals surface area contributed by atoms with E-state index in [9.17, 15) is 9.18 Å². The molecule has 0 spiro atoms. The maximum atomic E-state index is 13.5. The molecule has 0 atom stereocenters. The van der Waals surface area contributed by atoms with Crippen LogP contribution in [0, 0.1) is 5.82 Å². The van der Waals surface area contributed by atoms with E-state index in [1.54, 1.807) is 12.1 Å². The van der Waals surface area contributed by atoms with Crippen molar-refractivity contribution < 1.29 is 13.8 Å². The molecule has 0 unspecified atom stereocenters. The second-order valence-electron chi connectivity index (χ2n) is 5.58. The highest BCUT2D eigenvalue weighted by Gasteiger charge is 2.25. The quantitative estimate of drug-likeness (QED) is 0.517. The Bertz CT molecular complexity index is 962. The van der Waals surface area contributed by atoms with E-state index in [-0.39, 0.29) is 28.8 Å². The van der Waals surface area contributed by atoms with Gasteiger partial charge in [-0.1, -0.05) is 37.3 Å². The summed E-state index contributed by atoms with van der Waals surface area (Å²) in [6, 6.07) is 6.04. The second kappa shape index (κ2) is 7.09. The Kier molecular flexibility index (Phi) is 4.69. The average Bonchev–Trinajstić information content (AvgIpc) is 3.22. The number of aromatic nitrogens is 5. The molecular weight excluding hydrogens is 343 g/mol. The number of rotatable bonds is 5. The lowest BCUT2D eigenvalue weighted by molar-refractivity contribution is 0.0948. The highest BCUT2D eigenvalue weighted by molar-refractivity contribution is 5.94. The summed E-state index contributed by atoms with van der Waals surface area (Å²) in [4.78, 5) is 12.4. The zero-order chi connectivity index (χ0) is 18.7. The molecule has 1 aromatic carbocycles. The number of nitrogens with one attached hydrogen (secondary N) is 1. The molecule has 0 aliphatic rings. The van der Waals surface area contributed by atoms with Gasteiger partial charge in [-0.2, -0.15) is 9.78 Å². The third-order valence-electron chi connectivity index (χ3n) is 3.44. The van der Waals surface area contributed by atoms with Crippen LogP contribution in [-0.4, -0.2) is 37.4 Å². The summed E-state index contributed by atoms with van der Waals surface area (Å²) in [5.74, 6) is -1.05. The molecule has 2 aromatic heterocycles. The van der Waals surface area contributed by atoms with Crippen molar-refractivity contribution in [1.29, 1.82) is 0 Å². The normalized spacial score (nSPS) is 11.4. The molecule has 3 aromatic rings. The molecule has 0 fully saturated rings. The van der Waals surface area contributed by atoms with E-state index in [1.165, 1.54) is 23.0 Å². The van der Waals surface area contributed by atoms with Crippen LogP contribution in [0.3, 0.4) is 0 Å². The molecule has 2 heterocycles. The molecule has 0 aliphatic carbocycles. The fourth-order valence-corrected chi connectivity index (χ4v) is 2.26. The lowest BCUT2D eigenvalue weighted by Gasteiger charge is -2.08. The molecule has 0 aliphatic heterocycles. The zero-order valence-electron chi connectivity index (χ0n) is 13.9. The summed E-state index contributed by atoms with van der Waals surface area (Å²) in [6.07, 6.45) is 1.20. The van der Waals surface area contributed by atoms with Crippen molar-refractivity contribution in [3.8, 4) is 5.82 Å². The Morgan fingerprint density at radius 1 is 1.38 bits per heavy atom. The summed E-state index contributed by atoms with van der Waals surface area (Å²) in [5, 5.41) is 18.7. The number of nitrogen functional groups attached to an aromatic ring is 1. The van der Waals surface area contributed by atoms with Crippen LogP contribution < -0.4 is 11.2 Å². The zero-order valence-corrected chi connectivity index (χ0v) is 13.9. The highest BCUT2D eigenvalue weighted by Crippen LogP contribution is 2.22.